The molecule has 0 spiro atoms. The first-order valence-electron chi connectivity index (χ1n) is 6.00. The number of carbonyl (C=O) groups excluding carboxylic acids is 1. The van der Waals surface area contributed by atoms with Gasteiger partial charge in [-0.2, -0.15) is 0 Å². The van der Waals surface area contributed by atoms with E-state index in [4.69, 9.17) is 0 Å². The zero-order valence-corrected chi connectivity index (χ0v) is 11.2. The minimum Gasteiger partial charge on any atom is -0.336 e. The molecule has 0 N–H and O–H groups in total. The summed E-state index contributed by atoms with van der Waals surface area (Å²) in [5.41, 5.74) is 1.20. The number of piperidine rings is 1. The molecule has 92 valence electrons. The number of nitrogens with zero attached hydrogens (tertiary/aromatic N) is 2. The minimum absolute atomic E-state index is 0.172. The van der Waals surface area contributed by atoms with E-state index in [1.807, 2.05) is 23.4 Å². The zero-order valence-electron chi connectivity index (χ0n) is 10.3. The van der Waals surface area contributed by atoms with Gasteiger partial charge in [0.1, 0.15) is 5.03 Å². The molecule has 0 aromatic carbocycles. The Morgan fingerprint density at radius 2 is 2.35 bits per heavy atom. The second-order valence-corrected chi connectivity index (χ2v) is 5.12. The lowest BCUT2D eigenvalue weighted by atomic mass is 9.96. The van der Waals surface area contributed by atoms with Gasteiger partial charge in [0.15, 0.2) is 0 Å². The molecule has 0 bridgehead atoms. The maximum absolute atomic E-state index is 11.7. The van der Waals surface area contributed by atoms with Crippen LogP contribution in [0.3, 0.4) is 0 Å². The Kier molecular flexibility index (Phi) is 4.05. The summed E-state index contributed by atoms with van der Waals surface area (Å²) in [6.07, 6.45) is 7.21. The predicted molar refractivity (Wildman–Crippen MR) is 70.0 cm³/mol. The third-order valence-electron chi connectivity index (χ3n) is 3.26. The average molecular weight is 250 g/mol. The van der Waals surface area contributed by atoms with Crippen LogP contribution in [0.15, 0.2) is 23.4 Å². The van der Waals surface area contributed by atoms with Crippen LogP contribution in [0.2, 0.25) is 0 Å². The van der Waals surface area contributed by atoms with Gasteiger partial charge < -0.3 is 4.90 Å². The van der Waals surface area contributed by atoms with Gasteiger partial charge in [-0.3, -0.25) is 4.79 Å². The van der Waals surface area contributed by atoms with E-state index < -0.39 is 0 Å². The fourth-order valence-corrected chi connectivity index (χ4v) is 3.07. The highest BCUT2D eigenvalue weighted by Crippen LogP contribution is 2.34. The molecular formula is C13H18N2OS. The standard InChI is InChI=1S/C13H18N2OS/c1-10(16)15-9-4-3-7-12(15)11-6-5-8-14-13(11)17-2/h5-6,8,12H,3-4,7,9H2,1-2H3/t12-/m0/s1. The highest BCUT2D eigenvalue weighted by atomic mass is 32.2. The van der Waals surface area contributed by atoms with Crippen LogP contribution in [0.25, 0.3) is 0 Å². The summed E-state index contributed by atoms with van der Waals surface area (Å²) in [7, 11) is 0. The Morgan fingerprint density at radius 3 is 3.06 bits per heavy atom. The van der Waals surface area contributed by atoms with Gasteiger partial charge in [-0.1, -0.05) is 6.07 Å². The highest BCUT2D eigenvalue weighted by Gasteiger charge is 2.27. The zero-order chi connectivity index (χ0) is 12.3. The molecular weight excluding hydrogens is 232 g/mol. The Hall–Kier alpha value is -1.03. The van der Waals surface area contributed by atoms with E-state index >= 15 is 0 Å². The minimum atomic E-state index is 0.172. The molecule has 1 aromatic rings. The van der Waals surface area contributed by atoms with E-state index in [9.17, 15) is 4.79 Å². The number of thioether (sulfide) groups is 1. The van der Waals surface area contributed by atoms with Gasteiger partial charge in [-0.15, -0.1) is 11.8 Å². The van der Waals surface area contributed by atoms with Crippen molar-refractivity contribution in [2.75, 3.05) is 12.8 Å². The van der Waals surface area contributed by atoms with Crippen molar-refractivity contribution in [3.05, 3.63) is 23.9 Å². The first-order chi connectivity index (χ1) is 8.24. The fraction of sp³-hybridized carbons (Fsp3) is 0.538. The quantitative estimate of drug-likeness (QED) is 0.757. The maximum atomic E-state index is 11.7. The Bertz CT molecular complexity index is 408. The van der Waals surface area contributed by atoms with E-state index in [1.165, 1.54) is 12.0 Å². The molecule has 3 nitrogen and oxygen atoms in total. The normalized spacial score (nSPS) is 20.4. The molecule has 1 aliphatic heterocycles. The molecule has 1 fully saturated rings. The molecule has 1 atom stereocenters. The maximum Gasteiger partial charge on any atom is 0.219 e. The van der Waals surface area contributed by atoms with E-state index in [2.05, 4.69) is 11.1 Å². The number of pyridine rings is 1. The summed E-state index contributed by atoms with van der Waals surface area (Å²) in [4.78, 5) is 18.1. The van der Waals surface area contributed by atoms with Crippen molar-refractivity contribution in [1.29, 1.82) is 0 Å². The van der Waals surface area contributed by atoms with Crippen LogP contribution < -0.4 is 0 Å². The second kappa shape index (κ2) is 5.54. The van der Waals surface area contributed by atoms with Crippen molar-refractivity contribution in [2.24, 2.45) is 0 Å². The van der Waals surface area contributed by atoms with Gasteiger partial charge in [0.25, 0.3) is 0 Å². The van der Waals surface area contributed by atoms with Crippen molar-refractivity contribution in [2.45, 2.75) is 37.3 Å². The third-order valence-corrected chi connectivity index (χ3v) is 3.99. The van der Waals surface area contributed by atoms with Gasteiger partial charge in [-0.25, -0.2) is 4.98 Å². The third kappa shape index (κ3) is 2.63. The molecule has 1 aromatic heterocycles. The van der Waals surface area contributed by atoms with Gasteiger partial charge >= 0.3 is 0 Å². The van der Waals surface area contributed by atoms with Crippen molar-refractivity contribution in [3.63, 3.8) is 0 Å². The molecule has 2 rings (SSSR count). The molecule has 1 saturated heterocycles. The number of amides is 1. The predicted octanol–water partition coefficient (Wildman–Crippen LogP) is 2.88. The van der Waals surface area contributed by atoms with Crippen molar-refractivity contribution < 1.29 is 4.79 Å². The fourth-order valence-electron chi connectivity index (χ4n) is 2.46. The van der Waals surface area contributed by atoms with Gasteiger partial charge in [-0.05, 0) is 31.6 Å². The van der Waals surface area contributed by atoms with Crippen LogP contribution in [0, 0.1) is 0 Å². The number of rotatable bonds is 2. The Balaban J connectivity index is 2.32. The van der Waals surface area contributed by atoms with Gasteiger partial charge in [0.05, 0.1) is 6.04 Å². The monoisotopic (exact) mass is 250 g/mol. The van der Waals surface area contributed by atoms with E-state index in [1.54, 1.807) is 18.7 Å². The van der Waals surface area contributed by atoms with E-state index in [-0.39, 0.29) is 11.9 Å². The smallest absolute Gasteiger partial charge is 0.219 e. The molecule has 17 heavy (non-hydrogen) atoms. The van der Waals surface area contributed by atoms with Crippen molar-refractivity contribution in [1.82, 2.24) is 9.88 Å². The first-order valence-corrected chi connectivity index (χ1v) is 7.22. The van der Waals surface area contributed by atoms with Crippen LogP contribution in [0.4, 0.5) is 0 Å². The highest BCUT2D eigenvalue weighted by molar-refractivity contribution is 7.98. The van der Waals surface area contributed by atoms with Crippen LogP contribution in [-0.2, 0) is 4.79 Å². The molecule has 0 unspecified atom stereocenters. The molecule has 2 heterocycles. The first kappa shape index (κ1) is 12.4. The number of likely N-dealkylation sites (tertiary alicyclic amines) is 1. The largest absolute Gasteiger partial charge is 0.336 e. The second-order valence-electron chi connectivity index (χ2n) is 4.33. The summed E-state index contributed by atoms with van der Waals surface area (Å²) in [6, 6.07) is 4.28. The summed E-state index contributed by atoms with van der Waals surface area (Å²) >= 11 is 1.65. The number of hydrogen-bond donors (Lipinski definition) is 0. The molecule has 0 aliphatic carbocycles. The lowest BCUT2D eigenvalue weighted by Gasteiger charge is -2.35. The van der Waals surface area contributed by atoms with Crippen LogP contribution >= 0.6 is 11.8 Å². The topological polar surface area (TPSA) is 33.2 Å². The average Bonchev–Trinajstić information content (AvgIpc) is 2.38. The van der Waals surface area contributed by atoms with Crippen LogP contribution in [0.1, 0.15) is 37.8 Å². The number of carbonyl (C=O) groups is 1. The summed E-state index contributed by atoms with van der Waals surface area (Å²) < 4.78 is 0. The Labute approximate surface area is 107 Å². The molecule has 0 saturated carbocycles. The summed E-state index contributed by atoms with van der Waals surface area (Å²) in [6.45, 7) is 2.54. The lowest BCUT2D eigenvalue weighted by Crippen LogP contribution is -2.37. The van der Waals surface area contributed by atoms with E-state index in [0.717, 1.165) is 24.4 Å². The van der Waals surface area contributed by atoms with Crippen molar-refractivity contribution in [3.8, 4) is 0 Å². The molecule has 0 radical (unpaired) electrons. The van der Waals surface area contributed by atoms with Crippen molar-refractivity contribution >= 4 is 17.7 Å². The summed E-state index contributed by atoms with van der Waals surface area (Å²) in [5.74, 6) is 0.172. The lowest BCUT2D eigenvalue weighted by molar-refractivity contribution is -0.132. The SMILES string of the molecule is CSc1ncccc1[C@@H]1CCCCN1C(C)=O. The summed E-state index contributed by atoms with van der Waals surface area (Å²) in [5, 5.41) is 1.05. The van der Waals surface area contributed by atoms with Crippen LogP contribution in [0.5, 0.6) is 0 Å². The molecule has 4 heteroatoms. The number of hydrogen-bond acceptors (Lipinski definition) is 3. The van der Waals surface area contributed by atoms with Gasteiger partial charge in [0.2, 0.25) is 5.91 Å². The van der Waals surface area contributed by atoms with Gasteiger partial charge in [0, 0.05) is 25.2 Å². The van der Waals surface area contributed by atoms with E-state index in [0.29, 0.717) is 0 Å². The Morgan fingerprint density at radius 1 is 1.53 bits per heavy atom. The molecule has 1 amide bonds. The molecule has 1 aliphatic rings. The number of aromatic nitrogens is 1. The van der Waals surface area contributed by atoms with Crippen LogP contribution in [-0.4, -0.2) is 28.6 Å².